The van der Waals surface area contributed by atoms with Crippen LogP contribution < -0.4 is 5.32 Å². The van der Waals surface area contributed by atoms with E-state index in [1.807, 2.05) is 0 Å². The maximum Gasteiger partial charge on any atom is 0.271 e. The number of nitro groups is 1. The summed E-state index contributed by atoms with van der Waals surface area (Å²) in [5.41, 5.74) is 0.876. The Hall–Kier alpha value is -1.14. The molecule has 0 spiro atoms. The smallest absolute Gasteiger partial charge is 0.271 e. The number of hydrogen-bond donors (Lipinski definition) is 1. The molecule has 19 heavy (non-hydrogen) atoms. The fourth-order valence-corrected chi connectivity index (χ4v) is 2.61. The Morgan fingerprint density at radius 1 is 1.58 bits per heavy atom. The van der Waals surface area contributed by atoms with Crippen LogP contribution in [-0.2, 0) is 4.74 Å². The number of nitrogens with zero attached hydrogens (tertiary/aromatic N) is 1. The summed E-state index contributed by atoms with van der Waals surface area (Å²) in [6, 6.07) is 5.07. The first-order chi connectivity index (χ1) is 9.10. The number of halogens is 1. The normalized spacial score (nSPS) is 23.1. The lowest BCUT2D eigenvalue weighted by atomic mass is 10.0. The largest absolute Gasteiger partial charge is 0.381 e. The number of nitrogens with one attached hydrogen (secondary N) is 1. The van der Waals surface area contributed by atoms with Crippen LogP contribution in [0.4, 0.5) is 11.4 Å². The van der Waals surface area contributed by atoms with E-state index in [1.165, 1.54) is 6.07 Å². The second-order valence-corrected chi connectivity index (χ2v) is 5.54. The first kappa shape index (κ1) is 14.3. The minimum absolute atomic E-state index is 0.102. The van der Waals surface area contributed by atoms with Crippen LogP contribution in [0.25, 0.3) is 0 Å². The molecule has 2 rings (SSSR count). The van der Waals surface area contributed by atoms with Crippen molar-refractivity contribution in [3.63, 3.8) is 0 Å². The summed E-state index contributed by atoms with van der Waals surface area (Å²) < 4.78 is 6.47. The van der Waals surface area contributed by atoms with E-state index in [1.54, 1.807) is 12.1 Å². The van der Waals surface area contributed by atoms with E-state index < -0.39 is 0 Å². The van der Waals surface area contributed by atoms with E-state index in [4.69, 9.17) is 4.74 Å². The number of nitro benzene ring substituents is 1. The Kier molecular flexibility index (Phi) is 4.76. The van der Waals surface area contributed by atoms with Crippen molar-refractivity contribution in [2.75, 3.05) is 11.9 Å². The second-order valence-electron chi connectivity index (χ2n) is 4.69. The predicted molar refractivity (Wildman–Crippen MR) is 77.5 cm³/mol. The van der Waals surface area contributed by atoms with Crippen LogP contribution in [0.15, 0.2) is 22.7 Å². The third-order valence-corrected chi connectivity index (χ3v) is 4.03. The van der Waals surface area contributed by atoms with Gasteiger partial charge in [-0.1, -0.05) is 6.92 Å². The van der Waals surface area contributed by atoms with E-state index in [9.17, 15) is 10.1 Å². The predicted octanol–water partition coefficient (Wildman–Crippen LogP) is 3.73. The molecule has 1 saturated heterocycles. The zero-order valence-corrected chi connectivity index (χ0v) is 12.4. The molecule has 6 heteroatoms. The van der Waals surface area contributed by atoms with Gasteiger partial charge in [0.05, 0.1) is 16.7 Å². The topological polar surface area (TPSA) is 64.4 Å². The van der Waals surface area contributed by atoms with Crippen molar-refractivity contribution in [2.24, 2.45) is 0 Å². The van der Waals surface area contributed by atoms with Gasteiger partial charge in [-0.05, 0) is 41.3 Å². The summed E-state index contributed by atoms with van der Waals surface area (Å²) in [7, 11) is 0. The third kappa shape index (κ3) is 3.67. The molecule has 0 radical (unpaired) electrons. The minimum atomic E-state index is -0.379. The standard InChI is InChI=1S/C13H17BrN2O3/c1-2-11-7-9(5-6-19-11)15-13-8-10(16(17)18)3-4-12(13)14/h3-4,8-9,11,15H,2,5-7H2,1H3. The van der Waals surface area contributed by atoms with Crippen molar-refractivity contribution in [1.29, 1.82) is 0 Å². The van der Waals surface area contributed by atoms with Gasteiger partial charge in [-0.3, -0.25) is 10.1 Å². The van der Waals surface area contributed by atoms with Crippen molar-refractivity contribution >= 4 is 27.3 Å². The van der Waals surface area contributed by atoms with Crippen molar-refractivity contribution in [3.8, 4) is 0 Å². The van der Waals surface area contributed by atoms with Gasteiger partial charge >= 0.3 is 0 Å². The van der Waals surface area contributed by atoms with Gasteiger partial charge in [0.2, 0.25) is 0 Å². The summed E-state index contributed by atoms with van der Waals surface area (Å²) in [4.78, 5) is 10.4. The Morgan fingerprint density at radius 2 is 2.37 bits per heavy atom. The first-order valence-corrected chi connectivity index (χ1v) is 7.21. The molecule has 1 N–H and O–H groups in total. The quantitative estimate of drug-likeness (QED) is 0.675. The maximum absolute atomic E-state index is 10.8. The van der Waals surface area contributed by atoms with E-state index in [0.29, 0.717) is 6.04 Å². The Bertz CT molecular complexity index is 467. The van der Waals surface area contributed by atoms with Gasteiger partial charge in [-0.15, -0.1) is 0 Å². The highest BCUT2D eigenvalue weighted by Gasteiger charge is 2.22. The Morgan fingerprint density at radius 3 is 3.05 bits per heavy atom. The maximum atomic E-state index is 10.8. The molecule has 1 fully saturated rings. The number of anilines is 1. The molecule has 0 aliphatic carbocycles. The number of non-ortho nitro benzene ring substituents is 1. The van der Waals surface area contributed by atoms with Gasteiger partial charge in [0.15, 0.2) is 0 Å². The number of hydrogen-bond acceptors (Lipinski definition) is 4. The monoisotopic (exact) mass is 328 g/mol. The molecule has 104 valence electrons. The van der Waals surface area contributed by atoms with Crippen LogP contribution in [-0.4, -0.2) is 23.7 Å². The zero-order valence-electron chi connectivity index (χ0n) is 10.8. The van der Waals surface area contributed by atoms with Crippen molar-refractivity contribution < 1.29 is 9.66 Å². The lowest BCUT2D eigenvalue weighted by molar-refractivity contribution is -0.384. The van der Waals surface area contributed by atoms with Crippen molar-refractivity contribution in [2.45, 2.75) is 38.3 Å². The van der Waals surface area contributed by atoms with Crippen LogP contribution in [0.1, 0.15) is 26.2 Å². The van der Waals surface area contributed by atoms with Crippen molar-refractivity contribution in [1.82, 2.24) is 0 Å². The molecular weight excluding hydrogens is 312 g/mol. The molecule has 0 bridgehead atoms. The highest BCUT2D eigenvalue weighted by Crippen LogP contribution is 2.29. The highest BCUT2D eigenvalue weighted by atomic mass is 79.9. The van der Waals surface area contributed by atoms with Gasteiger partial charge in [0, 0.05) is 29.3 Å². The van der Waals surface area contributed by atoms with Gasteiger partial charge in [0.1, 0.15) is 0 Å². The van der Waals surface area contributed by atoms with E-state index in [-0.39, 0.29) is 16.7 Å². The zero-order chi connectivity index (χ0) is 13.8. The van der Waals surface area contributed by atoms with Crippen LogP contribution in [0.3, 0.4) is 0 Å². The van der Waals surface area contributed by atoms with Gasteiger partial charge in [-0.25, -0.2) is 0 Å². The first-order valence-electron chi connectivity index (χ1n) is 6.42. The van der Waals surface area contributed by atoms with Gasteiger partial charge < -0.3 is 10.1 Å². The van der Waals surface area contributed by atoms with Gasteiger partial charge in [0.25, 0.3) is 5.69 Å². The summed E-state index contributed by atoms with van der Waals surface area (Å²) >= 11 is 3.42. The van der Waals surface area contributed by atoms with Crippen LogP contribution in [0, 0.1) is 10.1 Å². The fourth-order valence-electron chi connectivity index (χ4n) is 2.25. The Balaban J connectivity index is 2.09. The molecule has 0 aromatic heterocycles. The average Bonchev–Trinajstić information content (AvgIpc) is 2.41. The summed E-state index contributed by atoms with van der Waals surface area (Å²) in [6.45, 7) is 2.85. The van der Waals surface area contributed by atoms with Crippen LogP contribution in [0.5, 0.6) is 0 Å². The molecule has 1 aliphatic heterocycles. The van der Waals surface area contributed by atoms with E-state index >= 15 is 0 Å². The summed E-state index contributed by atoms with van der Waals surface area (Å²) in [5, 5.41) is 14.2. The van der Waals surface area contributed by atoms with Gasteiger partial charge in [-0.2, -0.15) is 0 Å². The summed E-state index contributed by atoms with van der Waals surface area (Å²) in [5.74, 6) is 0. The molecule has 1 aliphatic rings. The summed E-state index contributed by atoms with van der Waals surface area (Å²) in [6.07, 6.45) is 3.13. The highest BCUT2D eigenvalue weighted by molar-refractivity contribution is 9.10. The lowest BCUT2D eigenvalue weighted by Crippen LogP contribution is -2.33. The van der Waals surface area contributed by atoms with Crippen LogP contribution >= 0.6 is 15.9 Å². The SMILES string of the molecule is CCC1CC(Nc2cc([N+](=O)[O-])ccc2Br)CCO1. The van der Waals surface area contributed by atoms with Crippen molar-refractivity contribution in [3.05, 3.63) is 32.8 Å². The Labute approximate surface area is 120 Å². The number of benzene rings is 1. The molecule has 1 aromatic rings. The molecule has 5 nitrogen and oxygen atoms in total. The second kappa shape index (κ2) is 6.34. The fraction of sp³-hybridized carbons (Fsp3) is 0.538. The molecule has 1 heterocycles. The number of rotatable bonds is 4. The van der Waals surface area contributed by atoms with E-state index in [0.717, 1.165) is 36.0 Å². The third-order valence-electron chi connectivity index (χ3n) is 3.34. The molecule has 1 aromatic carbocycles. The average molecular weight is 329 g/mol. The lowest BCUT2D eigenvalue weighted by Gasteiger charge is -2.30. The van der Waals surface area contributed by atoms with E-state index in [2.05, 4.69) is 28.2 Å². The minimum Gasteiger partial charge on any atom is -0.381 e. The molecule has 0 saturated carbocycles. The number of ether oxygens (including phenoxy) is 1. The molecule has 2 atom stereocenters. The molecular formula is C13H17BrN2O3. The molecule has 2 unspecified atom stereocenters. The molecule has 0 amide bonds. The van der Waals surface area contributed by atoms with Crippen LogP contribution in [0.2, 0.25) is 0 Å².